The number of para-hydroxylation sites is 6. The lowest BCUT2D eigenvalue weighted by Gasteiger charge is -2.39. The molecule has 0 unspecified atom stereocenters. The molecule has 0 saturated heterocycles. The molecule has 3 heteroatoms. The van der Waals surface area contributed by atoms with Gasteiger partial charge in [0.05, 0.1) is 27.9 Å². The van der Waals surface area contributed by atoms with E-state index in [2.05, 4.69) is 290 Å². The second-order valence-electron chi connectivity index (χ2n) is 20.6. The Morgan fingerprint density at radius 3 is 1.16 bits per heavy atom. The van der Waals surface area contributed by atoms with Crippen LogP contribution in [0.3, 0.4) is 0 Å². The van der Waals surface area contributed by atoms with Crippen LogP contribution in [-0.4, -0.2) is 0 Å². The summed E-state index contributed by atoms with van der Waals surface area (Å²) in [6.07, 6.45) is 0. The van der Waals surface area contributed by atoms with Gasteiger partial charge in [-0.1, -0.05) is 237 Å². The van der Waals surface area contributed by atoms with Crippen LogP contribution in [0.4, 0.5) is 17.1 Å². The number of fused-ring (bicyclic) bond motifs is 18. The van der Waals surface area contributed by atoms with E-state index in [1.807, 2.05) is 0 Å². The van der Waals surface area contributed by atoms with Gasteiger partial charge in [-0.2, -0.15) is 0 Å². The molecule has 0 saturated carbocycles. The SMILES string of the molecule is c1ccc(-c2ccc(-c3ccccc3N(c3ccccc3-c3ccc4c(c3)-c3ccccc3C43c4ccccc4Oc4ccccc43)c3cccc4c3-c3ccccc3C43c4ccccc4Oc4ccccc43)cc2)cc1. The average Bonchev–Trinajstić information content (AvgIpc) is 3.91. The molecule has 0 amide bonds. The second-order valence-corrected chi connectivity index (χ2v) is 20.6. The molecule has 12 aromatic rings. The second kappa shape index (κ2) is 16.8. The summed E-state index contributed by atoms with van der Waals surface area (Å²) in [4.78, 5) is 2.55. The lowest BCUT2D eigenvalue weighted by atomic mass is 9.66. The normalized spacial score (nSPS) is 13.9. The highest BCUT2D eigenvalue weighted by molar-refractivity contribution is 6.03. The molecule has 12 aromatic carbocycles. The molecule has 0 bridgehead atoms. The van der Waals surface area contributed by atoms with Crippen LogP contribution < -0.4 is 14.4 Å². The highest BCUT2D eigenvalue weighted by Gasteiger charge is 2.53. The minimum absolute atomic E-state index is 0.564. The summed E-state index contributed by atoms with van der Waals surface area (Å²) in [5.74, 6) is 3.52. The van der Waals surface area contributed by atoms with Crippen LogP contribution >= 0.6 is 0 Å². The van der Waals surface area contributed by atoms with Crippen LogP contribution in [-0.2, 0) is 10.8 Å². The third-order valence-corrected chi connectivity index (χ3v) is 16.8. The number of benzene rings is 12. The Morgan fingerprint density at radius 2 is 0.584 bits per heavy atom. The van der Waals surface area contributed by atoms with Crippen molar-refractivity contribution in [2.45, 2.75) is 10.8 Å². The largest absolute Gasteiger partial charge is 0.457 e. The molecule has 0 N–H and O–H groups in total. The molecule has 0 fully saturated rings. The molecule has 2 heterocycles. The van der Waals surface area contributed by atoms with E-state index in [0.717, 1.165) is 84.6 Å². The van der Waals surface area contributed by atoms with Crippen molar-refractivity contribution in [2.75, 3.05) is 4.90 Å². The van der Waals surface area contributed by atoms with Gasteiger partial charge in [0, 0.05) is 38.9 Å². The minimum atomic E-state index is -0.643. The maximum atomic E-state index is 6.79. The van der Waals surface area contributed by atoms with E-state index in [1.165, 1.54) is 55.6 Å². The molecule has 360 valence electrons. The van der Waals surface area contributed by atoms with Crippen LogP contribution in [0.2, 0.25) is 0 Å². The standard InChI is InChI=1S/C74H47NO2/c1-2-21-48(22-3-1)49-41-43-50(44-42-49)52-23-6-14-34-65(52)75(67-36-20-33-64-72(67)55-26-5-9-28-58(55)74(64)62-31-12-18-39-70(62)77-71-40-19-13-32-63(71)74)66-35-15-7-24-53(66)51-45-46-59-56(47-51)54-25-4-8-27-57(54)73(59)60-29-10-16-37-68(60)76-69-38-17-11-30-61(69)73/h1-47H. The maximum absolute atomic E-state index is 6.79. The highest BCUT2D eigenvalue weighted by atomic mass is 16.5. The van der Waals surface area contributed by atoms with Crippen molar-refractivity contribution < 1.29 is 9.47 Å². The van der Waals surface area contributed by atoms with E-state index in [9.17, 15) is 0 Å². The van der Waals surface area contributed by atoms with Gasteiger partial charge >= 0.3 is 0 Å². The Morgan fingerprint density at radius 1 is 0.221 bits per heavy atom. The van der Waals surface area contributed by atoms with E-state index in [4.69, 9.17) is 9.47 Å². The fourth-order valence-corrected chi connectivity index (χ4v) is 13.8. The van der Waals surface area contributed by atoms with Crippen LogP contribution in [0, 0.1) is 0 Å². The summed E-state index contributed by atoms with van der Waals surface area (Å²) in [6, 6.07) is 104. The van der Waals surface area contributed by atoms with Crippen molar-refractivity contribution >= 4 is 17.1 Å². The smallest absolute Gasteiger partial charge is 0.132 e. The molecule has 4 aliphatic rings. The van der Waals surface area contributed by atoms with Crippen molar-refractivity contribution in [3.63, 3.8) is 0 Å². The molecular formula is C74H47NO2. The van der Waals surface area contributed by atoms with E-state index in [0.29, 0.717) is 0 Å². The number of rotatable bonds is 6. The van der Waals surface area contributed by atoms with E-state index in [1.54, 1.807) is 0 Å². The summed E-state index contributed by atoms with van der Waals surface area (Å²) in [5.41, 5.74) is 23.3. The van der Waals surface area contributed by atoms with Gasteiger partial charge in [0.25, 0.3) is 0 Å². The first-order valence-electron chi connectivity index (χ1n) is 26.6. The first-order valence-corrected chi connectivity index (χ1v) is 26.6. The van der Waals surface area contributed by atoms with Gasteiger partial charge in [-0.05, 0) is 110 Å². The summed E-state index contributed by atoms with van der Waals surface area (Å²) < 4.78 is 13.5. The molecular weight excluding hydrogens is 935 g/mol. The van der Waals surface area contributed by atoms with Gasteiger partial charge in [0.1, 0.15) is 23.0 Å². The van der Waals surface area contributed by atoms with Gasteiger partial charge in [-0.3, -0.25) is 0 Å². The number of hydrogen-bond acceptors (Lipinski definition) is 3. The summed E-state index contributed by atoms with van der Waals surface area (Å²) in [6.45, 7) is 0. The van der Waals surface area contributed by atoms with Gasteiger partial charge in [-0.15, -0.1) is 0 Å². The Labute approximate surface area is 448 Å². The number of ether oxygens (including phenoxy) is 2. The van der Waals surface area contributed by atoms with Crippen molar-refractivity contribution in [1.29, 1.82) is 0 Å². The van der Waals surface area contributed by atoms with Crippen molar-refractivity contribution in [3.05, 3.63) is 330 Å². The van der Waals surface area contributed by atoms with Crippen molar-refractivity contribution in [2.24, 2.45) is 0 Å². The first kappa shape index (κ1) is 43.4. The third-order valence-electron chi connectivity index (χ3n) is 16.8. The number of nitrogens with zero attached hydrogens (tertiary/aromatic N) is 1. The zero-order valence-electron chi connectivity index (χ0n) is 41.9. The topological polar surface area (TPSA) is 21.7 Å². The van der Waals surface area contributed by atoms with E-state index >= 15 is 0 Å². The van der Waals surface area contributed by atoms with Gasteiger partial charge < -0.3 is 14.4 Å². The van der Waals surface area contributed by atoms with Crippen LogP contribution in [0.15, 0.2) is 285 Å². The fraction of sp³-hybridized carbons (Fsp3) is 0.0270. The predicted molar refractivity (Wildman–Crippen MR) is 312 cm³/mol. The molecule has 0 radical (unpaired) electrons. The molecule has 0 aromatic heterocycles. The molecule has 3 nitrogen and oxygen atoms in total. The van der Waals surface area contributed by atoms with Crippen LogP contribution in [0.25, 0.3) is 55.6 Å². The zero-order chi connectivity index (χ0) is 50.7. The van der Waals surface area contributed by atoms with E-state index < -0.39 is 10.8 Å². The quantitative estimate of drug-likeness (QED) is 0.166. The maximum Gasteiger partial charge on any atom is 0.132 e. The highest BCUT2D eigenvalue weighted by Crippen LogP contribution is 2.66. The third kappa shape index (κ3) is 6.08. The zero-order valence-corrected chi connectivity index (χ0v) is 41.9. The predicted octanol–water partition coefficient (Wildman–Crippen LogP) is 19.1. The molecule has 16 rings (SSSR count). The fourth-order valence-electron chi connectivity index (χ4n) is 13.8. The summed E-state index contributed by atoms with van der Waals surface area (Å²) in [7, 11) is 0. The van der Waals surface area contributed by atoms with Gasteiger partial charge in [0.15, 0.2) is 0 Å². The number of anilines is 3. The lowest BCUT2D eigenvalue weighted by molar-refractivity contribution is 0.436. The van der Waals surface area contributed by atoms with E-state index in [-0.39, 0.29) is 0 Å². The summed E-state index contributed by atoms with van der Waals surface area (Å²) in [5, 5.41) is 0. The molecule has 2 aliphatic heterocycles. The Balaban J connectivity index is 0.955. The van der Waals surface area contributed by atoms with Crippen molar-refractivity contribution in [3.8, 4) is 78.6 Å². The average molecular weight is 982 g/mol. The van der Waals surface area contributed by atoms with Crippen LogP contribution in [0.5, 0.6) is 23.0 Å². The van der Waals surface area contributed by atoms with Crippen LogP contribution in [0.1, 0.15) is 44.5 Å². The Kier molecular flexibility index (Phi) is 9.47. The number of hydrogen-bond donors (Lipinski definition) is 0. The summed E-state index contributed by atoms with van der Waals surface area (Å²) >= 11 is 0. The molecule has 2 aliphatic carbocycles. The van der Waals surface area contributed by atoms with Gasteiger partial charge in [0.2, 0.25) is 0 Å². The molecule has 2 spiro atoms. The first-order chi connectivity index (χ1) is 38.2. The molecule has 77 heavy (non-hydrogen) atoms. The Hall–Kier alpha value is -9.96. The molecule has 0 atom stereocenters. The van der Waals surface area contributed by atoms with Crippen molar-refractivity contribution in [1.82, 2.24) is 0 Å². The van der Waals surface area contributed by atoms with Gasteiger partial charge in [-0.25, -0.2) is 0 Å². The Bertz CT molecular complexity index is 4270. The monoisotopic (exact) mass is 981 g/mol. The minimum Gasteiger partial charge on any atom is -0.457 e. The lowest BCUT2D eigenvalue weighted by Crippen LogP contribution is -2.32.